The summed E-state index contributed by atoms with van der Waals surface area (Å²) >= 11 is 0. The van der Waals surface area contributed by atoms with Crippen LogP contribution in [-0.4, -0.2) is 38.9 Å². The van der Waals surface area contributed by atoms with Crippen molar-refractivity contribution in [1.29, 1.82) is 0 Å². The number of carbonyl (C=O) groups is 1. The smallest absolute Gasteiger partial charge is 0.345 e. The summed E-state index contributed by atoms with van der Waals surface area (Å²) in [6.07, 6.45) is 5.56. The highest BCUT2D eigenvalue weighted by molar-refractivity contribution is 5.94. The summed E-state index contributed by atoms with van der Waals surface area (Å²) in [6.45, 7) is 0.465. The number of nitro groups is 2. The van der Waals surface area contributed by atoms with Crippen molar-refractivity contribution in [2.75, 3.05) is 18.5 Å². The minimum Gasteiger partial charge on any atom is -0.462 e. The van der Waals surface area contributed by atoms with E-state index in [9.17, 15) is 25.0 Å². The van der Waals surface area contributed by atoms with E-state index in [0.717, 1.165) is 29.3 Å². The standard InChI is InChI=1S/C20H17N5O6/c26-20(17-4-3-16(24(27)28)12-18(17)25(29)30)31-11-1-8-22-19-5-2-15(13-23-19)14-6-9-21-10-7-14/h2-7,9-10,12-13H,1,8,11H2,(H,22,23). The van der Waals surface area contributed by atoms with Gasteiger partial charge in [0.25, 0.3) is 11.4 Å². The fraction of sp³-hybridized carbons (Fsp3) is 0.150. The zero-order valence-corrected chi connectivity index (χ0v) is 16.1. The Bertz CT molecular complexity index is 1090. The lowest BCUT2D eigenvalue weighted by atomic mass is 10.1. The van der Waals surface area contributed by atoms with Crippen LogP contribution < -0.4 is 5.32 Å². The van der Waals surface area contributed by atoms with Gasteiger partial charge in [-0.2, -0.15) is 0 Å². The number of benzene rings is 1. The van der Waals surface area contributed by atoms with Crippen molar-refractivity contribution in [3.05, 3.63) is 86.8 Å². The Morgan fingerprint density at radius 1 is 1.00 bits per heavy atom. The third-order valence-corrected chi connectivity index (χ3v) is 4.25. The Morgan fingerprint density at radius 3 is 2.42 bits per heavy atom. The molecule has 0 saturated carbocycles. The zero-order valence-electron chi connectivity index (χ0n) is 16.1. The van der Waals surface area contributed by atoms with E-state index in [1.807, 2.05) is 24.3 Å². The number of anilines is 1. The van der Waals surface area contributed by atoms with Gasteiger partial charge in [-0.25, -0.2) is 9.78 Å². The summed E-state index contributed by atoms with van der Waals surface area (Å²) < 4.78 is 5.05. The number of aromatic nitrogens is 2. The van der Waals surface area contributed by atoms with Crippen LogP contribution in [0.4, 0.5) is 17.2 Å². The van der Waals surface area contributed by atoms with Gasteiger partial charge in [-0.05, 0) is 42.3 Å². The Morgan fingerprint density at radius 2 is 1.77 bits per heavy atom. The number of esters is 1. The number of ether oxygens (including phenoxy) is 1. The van der Waals surface area contributed by atoms with Gasteiger partial charge in [0.2, 0.25) is 0 Å². The molecule has 158 valence electrons. The van der Waals surface area contributed by atoms with Crippen molar-refractivity contribution in [2.45, 2.75) is 6.42 Å². The van der Waals surface area contributed by atoms with Crippen LogP contribution in [0.2, 0.25) is 0 Å². The second kappa shape index (κ2) is 9.87. The second-order valence-corrected chi connectivity index (χ2v) is 6.30. The molecule has 11 nitrogen and oxygen atoms in total. The largest absolute Gasteiger partial charge is 0.462 e. The lowest BCUT2D eigenvalue weighted by Gasteiger charge is -2.08. The summed E-state index contributed by atoms with van der Waals surface area (Å²) in [6, 6.07) is 10.3. The van der Waals surface area contributed by atoms with Crippen molar-refractivity contribution in [3.63, 3.8) is 0 Å². The molecular weight excluding hydrogens is 406 g/mol. The topological polar surface area (TPSA) is 150 Å². The van der Waals surface area contributed by atoms with Crippen LogP contribution in [-0.2, 0) is 4.74 Å². The molecule has 2 heterocycles. The molecular formula is C20H17N5O6. The molecule has 3 rings (SSSR count). The first-order valence-corrected chi connectivity index (χ1v) is 9.16. The highest BCUT2D eigenvalue weighted by Crippen LogP contribution is 2.25. The Balaban J connectivity index is 1.48. The Hall–Kier alpha value is -4.41. The van der Waals surface area contributed by atoms with Crippen LogP contribution in [0, 0.1) is 20.2 Å². The molecule has 11 heteroatoms. The molecule has 2 aromatic heterocycles. The van der Waals surface area contributed by atoms with Crippen molar-refractivity contribution >= 4 is 23.2 Å². The van der Waals surface area contributed by atoms with Gasteiger partial charge in [0.15, 0.2) is 0 Å². The minimum atomic E-state index is -0.915. The van der Waals surface area contributed by atoms with Crippen molar-refractivity contribution in [3.8, 4) is 11.1 Å². The van der Waals surface area contributed by atoms with Crippen molar-refractivity contribution in [1.82, 2.24) is 9.97 Å². The van der Waals surface area contributed by atoms with E-state index in [-0.39, 0.29) is 12.2 Å². The van der Waals surface area contributed by atoms with Crippen LogP contribution in [0.3, 0.4) is 0 Å². The lowest BCUT2D eigenvalue weighted by molar-refractivity contribution is -0.394. The fourth-order valence-electron chi connectivity index (χ4n) is 2.70. The SMILES string of the molecule is O=C(OCCCNc1ccc(-c2ccncc2)cn1)c1ccc([N+](=O)[O-])cc1[N+](=O)[O-]. The number of pyridine rings is 2. The maximum atomic E-state index is 12.1. The van der Waals surface area contributed by atoms with E-state index in [0.29, 0.717) is 18.8 Å². The van der Waals surface area contributed by atoms with Gasteiger partial charge in [-0.15, -0.1) is 0 Å². The normalized spacial score (nSPS) is 10.3. The first kappa shape index (κ1) is 21.3. The van der Waals surface area contributed by atoms with Crippen LogP contribution in [0.5, 0.6) is 0 Å². The van der Waals surface area contributed by atoms with E-state index in [1.54, 1.807) is 18.6 Å². The molecule has 31 heavy (non-hydrogen) atoms. The molecule has 0 atom stereocenters. The Labute approximate surface area is 176 Å². The minimum absolute atomic E-state index is 0.00900. The molecule has 0 saturated heterocycles. The fourth-order valence-corrected chi connectivity index (χ4v) is 2.70. The average Bonchev–Trinajstić information content (AvgIpc) is 2.79. The maximum Gasteiger partial charge on any atom is 0.345 e. The highest BCUT2D eigenvalue weighted by atomic mass is 16.6. The monoisotopic (exact) mass is 423 g/mol. The lowest BCUT2D eigenvalue weighted by Crippen LogP contribution is -2.12. The second-order valence-electron chi connectivity index (χ2n) is 6.30. The first-order valence-electron chi connectivity index (χ1n) is 9.16. The third-order valence-electron chi connectivity index (χ3n) is 4.25. The molecule has 0 fully saturated rings. The molecule has 1 N–H and O–H groups in total. The van der Waals surface area contributed by atoms with E-state index in [1.165, 1.54) is 0 Å². The number of hydrogen-bond donors (Lipinski definition) is 1. The third kappa shape index (κ3) is 5.56. The van der Waals surface area contributed by atoms with Gasteiger partial charge in [-0.3, -0.25) is 25.2 Å². The summed E-state index contributed by atoms with van der Waals surface area (Å²) in [5.74, 6) is -0.267. The average molecular weight is 423 g/mol. The number of carbonyl (C=O) groups excluding carboxylic acids is 1. The predicted octanol–water partition coefficient (Wildman–Crippen LogP) is 3.62. The Kier molecular flexibility index (Phi) is 6.78. The summed E-state index contributed by atoms with van der Waals surface area (Å²) in [7, 11) is 0. The molecule has 3 aromatic rings. The van der Waals surface area contributed by atoms with E-state index in [2.05, 4.69) is 15.3 Å². The van der Waals surface area contributed by atoms with Crippen molar-refractivity contribution < 1.29 is 19.4 Å². The predicted molar refractivity (Wildman–Crippen MR) is 111 cm³/mol. The maximum absolute atomic E-state index is 12.1. The van der Waals surface area contributed by atoms with Gasteiger partial charge >= 0.3 is 5.97 Å². The number of hydrogen-bond acceptors (Lipinski definition) is 9. The molecule has 0 aliphatic rings. The van der Waals surface area contributed by atoms with Gasteiger partial charge in [0.05, 0.1) is 22.5 Å². The van der Waals surface area contributed by atoms with Gasteiger partial charge in [0, 0.05) is 36.8 Å². The van der Waals surface area contributed by atoms with Crippen LogP contribution >= 0.6 is 0 Å². The van der Waals surface area contributed by atoms with Crippen LogP contribution in [0.1, 0.15) is 16.8 Å². The molecule has 0 aliphatic heterocycles. The van der Waals surface area contributed by atoms with Crippen LogP contribution in [0.25, 0.3) is 11.1 Å². The molecule has 0 bridgehead atoms. The van der Waals surface area contributed by atoms with E-state index >= 15 is 0 Å². The number of non-ortho nitro benzene ring substituents is 1. The number of nitrogens with zero attached hydrogens (tertiary/aromatic N) is 4. The van der Waals surface area contributed by atoms with Crippen molar-refractivity contribution in [2.24, 2.45) is 0 Å². The number of rotatable bonds is 9. The highest BCUT2D eigenvalue weighted by Gasteiger charge is 2.25. The van der Waals surface area contributed by atoms with Gasteiger partial charge < -0.3 is 10.1 Å². The molecule has 0 radical (unpaired) electrons. The van der Waals surface area contributed by atoms with Gasteiger partial charge in [-0.1, -0.05) is 0 Å². The summed E-state index contributed by atoms with van der Waals surface area (Å²) in [4.78, 5) is 40.7. The quantitative estimate of drug-likeness (QED) is 0.235. The molecule has 1 aromatic carbocycles. The summed E-state index contributed by atoms with van der Waals surface area (Å²) in [5, 5.41) is 25.0. The van der Waals surface area contributed by atoms with E-state index in [4.69, 9.17) is 4.74 Å². The van der Waals surface area contributed by atoms with E-state index < -0.39 is 27.2 Å². The molecule has 0 aliphatic carbocycles. The van der Waals surface area contributed by atoms with Crippen LogP contribution in [0.15, 0.2) is 61.1 Å². The first-order chi connectivity index (χ1) is 15.0. The number of nitro benzene ring substituents is 2. The molecule has 0 amide bonds. The molecule has 0 unspecified atom stereocenters. The zero-order chi connectivity index (χ0) is 22.2. The number of nitrogens with one attached hydrogen (secondary N) is 1. The summed E-state index contributed by atoms with van der Waals surface area (Å²) in [5.41, 5.74) is 0.468. The van der Waals surface area contributed by atoms with Gasteiger partial charge in [0.1, 0.15) is 11.4 Å². The molecule has 0 spiro atoms.